The molecule has 0 aromatic heterocycles. The van der Waals surface area contributed by atoms with Gasteiger partial charge in [0.25, 0.3) is 5.69 Å². The molecule has 1 fully saturated rings. The summed E-state index contributed by atoms with van der Waals surface area (Å²) < 4.78 is 0. The van der Waals surface area contributed by atoms with Gasteiger partial charge < -0.3 is 10.4 Å². The fourth-order valence-electron chi connectivity index (χ4n) is 2.84. The quantitative estimate of drug-likeness (QED) is 0.622. The van der Waals surface area contributed by atoms with E-state index in [1.807, 2.05) is 0 Å². The van der Waals surface area contributed by atoms with Crippen molar-refractivity contribution < 1.29 is 14.8 Å². The topological polar surface area (TPSA) is 92.5 Å². The van der Waals surface area contributed by atoms with E-state index in [2.05, 4.69) is 5.32 Å². The Balaban J connectivity index is 1.75. The van der Waals surface area contributed by atoms with Gasteiger partial charge in [-0.25, -0.2) is 0 Å². The van der Waals surface area contributed by atoms with Crippen LogP contribution in [0.1, 0.15) is 37.7 Å². The van der Waals surface area contributed by atoms with E-state index in [1.54, 1.807) is 12.1 Å². The van der Waals surface area contributed by atoms with Crippen molar-refractivity contribution in [1.29, 1.82) is 0 Å². The number of non-ortho nitro benzene ring substituents is 1. The standard InChI is InChI=1S/C16H22N2O4/c19-15-7-2-1-5-13(15)11-17-16(20)9-8-12-4-3-6-14(10-12)18(21)22/h3-4,6,10,13,15,19H,1-2,5,7-9,11H2,(H,17,20)/t13-,15-/m0/s1. The SMILES string of the molecule is O=C(CCc1cccc([N+](=O)[O-])c1)NC[C@@H]1CCCC[C@@H]1O. The molecule has 1 saturated carbocycles. The maximum atomic E-state index is 11.9. The summed E-state index contributed by atoms with van der Waals surface area (Å²) in [7, 11) is 0. The Bertz CT molecular complexity index is 533. The van der Waals surface area contributed by atoms with Crippen LogP contribution in [0.5, 0.6) is 0 Å². The third kappa shape index (κ3) is 4.80. The zero-order chi connectivity index (χ0) is 15.9. The number of hydrogen-bond donors (Lipinski definition) is 2. The summed E-state index contributed by atoms with van der Waals surface area (Å²) in [6, 6.07) is 6.35. The Morgan fingerprint density at radius 1 is 1.36 bits per heavy atom. The van der Waals surface area contributed by atoms with Crippen molar-refractivity contribution in [3.63, 3.8) is 0 Å². The molecule has 6 nitrogen and oxygen atoms in total. The van der Waals surface area contributed by atoms with Crippen LogP contribution in [0.25, 0.3) is 0 Å². The van der Waals surface area contributed by atoms with E-state index in [-0.39, 0.29) is 23.6 Å². The molecular formula is C16H22N2O4. The van der Waals surface area contributed by atoms with Crippen LogP contribution in [-0.4, -0.2) is 28.6 Å². The number of aliphatic hydroxyl groups is 1. The minimum absolute atomic E-state index is 0.0447. The lowest BCUT2D eigenvalue weighted by molar-refractivity contribution is -0.384. The molecule has 0 spiro atoms. The van der Waals surface area contributed by atoms with Crippen LogP contribution in [-0.2, 0) is 11.2 Å². The summed E-state index contributed by atoms with van der Waals surface area (Å²) in [5.74, 6) is 0.0693. The lowest BCUT2D eigenvalue weighted by atomic mass is 9.86. The number of nitro groups is 1. The summed E-state index contributed by atoms with van der Waals surface area (Å²) in [5, 5.41) is 23.4. The minimum atomic E-state index is -0.436. The highest BCUT2D eigenvalue weighted by Gasteiger charge is 2.23. The fraction of sp³-hybridized carbons (Fsp3) is 0.562. The van der Waals surface area contributed by atoms with Crippen LogP contribution in [0, 0.1) is 16.0 Å². The van der Waals surface area contributed by atoms with Crippen LogP contribution in [0.3, 0.4) is 0 Å². The smallest absolute Gasteiger partial charge is 0.269 e. The second-order valence-corrected chi connectivity index (χ2v) is 5.84. The predicted octanol–water partition coefficient (Wildman–Crippen LogP) is 2.19. The Kier molecular flexibility index (Phi) is 5.89. The summed E-state index contributed by atoms with van der Waals surface area (Å²) in [4.78, 5) is 22.1. The van der Waals surface area contributed by atoms with Crippen molar-refractivity contribution in [2.75, 3.05) is 6.54 Å². The monoisotopic (exact) mass is 306 g/mol. The molecule has 1 aliphatic carbocycles. The van der Waals surface area contributed by atoms with E-state index in [9.17, 15) is 20.0 Å². The normalized spacial score (nSPS) is 21.3. The van der Waals surface area contributed by atoms with Crippen LogP contribution in [0.15, 0.2) is 24.3 Å². The van der Waals surface area contributed by atoms with Gasteiger partial charge in [0.1, 0.15) is 0 Å². The third-order valence-electron chi connectivity index (χ3n) is 4.19. The van der Waals surface area contributed by atoms with Gasteiger partial charge in [0.2, 0.25) is 5.91 Å². The number of nitro benzene ring substituents is 1. The van der Waals surface area contributed by atoms with Gasteiger partial charge in [-0.15, -0.1) is 0 Å². The highest BCUT2D eigenvalue weighted by molar-refractivity contribution is 5.76. The molecule has 0 heterocycles. The zero-order valence-electron chi connectivity index (χ0n) is 12.5. The lowest BCUT2D eigenvalue weighted by Gasteiger charge is -2.27. The predicted molar refractivity (Wildman–Crippen MR) is 82.4 cm³/mol. The Labute approximate surface area is 129 Å². The number of nitrogens with zero attached hydrogens (tertiary/aromatic N) is 1. The van der Waals surface area contributed by atoms with Crippen molar-refractivity contribution in [1.82, 2.24) is 5.32 Å². The van der Waals surface area contributed by atoms with E-state index >= 15 is 0 Å². The maximum Gasteiger partial charge on any atom is 0.269 e. The van der Waals surface area contributed by atoms with Crippen LogP contribution in [0.2, 0.25) is 0 Å². The summed E-state index contributed by atoms with van der Waals surface area (Å²) in [5.41, 5.74) is 0.824. The minimum Gasteiger partial charge on any atom is -0.393 e. The molecule has 2 rings (SSSR count). The van der Waals surface area contributed by atoms with Gasteiger partial charge in [0.05, 0.1) is 11.0 Å². The number of nitrogens with one attached hydrogen (secondary N) is 1. The zero-order valence-corrected chi connectivity index (χ0v) is 12.5. The lowest BCUT2D eigenvalue weighted by Crippen LogP contribution is -2.36. The second-order valence-electron chi connectivity index (χ2n) is 5.84. The van der Waals surface area contributed by atoms with Gasteiger partial charge in [-0.3, -0.25) is 14.9 Å². The molecule has 2 N–H and O–H groups in total. The van der Waals surface area contributed by atoms with Gasteiger partial charge in [0.15, 0.2) is 0 Å². The molecular weight excluding hydrogens is 284 g/mol. The molecule has 0 unspecified atom stereocenters. The number of rotatable bonds is 6. The van der Waals surface area contributed by atoms with Crippen LogP contribution < -0.4 is 5.32 Å². The Hall–Kier alpha value is -1.95. The molecule has 0 saturated heterocycles. The van der Waals surface area contributed by atoms with Gasteiger partial charge >= 0.3 is 0 Å². The van der Waals surface area contributed by atoms with E-state index in [0.717, 1.165) is 31.2 Å². The van der Waals surface area contributed by atoms with Crippen molar-refractivity contribution in [2.45, 2.75) is 44.6 Å². The van der Waals surface area contributed by atoms with Gasteiger partial charge in [-0.1, -0.05) is 25.0 Å². The summed E-state index contributed by atoms with van der Waals surface area (Å²) >= 11 is 0. The largest absolute Gasteiger partial charge is 0.393 e. The van der Waals surface area contributed by atoms with Gasteiger partial charge in [-0.2, -0.15) is 0 Å². The molecule has 1 aliphatic rings. The van der Waals surface area contributed by atoms with Gasteiger partial charge in [0, 0.05) is 31.0 Å². The number of aliphatic hydroxyl groups excluding tert-OH is 1. The number of amides is 1. The number of benzene rings is 1. The Morgan fingerprint density at radius 2 is 2.14 bits per heavy atom. The summed E-state index contributed by atoms with van der Waals surface area (Å²) in [6.07, 6.45) is 4.38. The first kappa shape index (κ1) is 16.4. The van der Waals surface area contributed by atoms with E-state index in [0.29, 0.717) is 19.4 Å². The molecule has 22 heavy (non-hydrogen) atoms. The molecule has 1 aromatic rings. The molecule has 120 valence electrons. The number of hydrogen-bond acceptors (Lipinski definition) is 4. The molecule has 6 heteroatoms. The average molecular weight is 306 g/mol. The molecule has 1 aromatic carbocycles. The van der Waals surface area contributed by atoms with Crippen LogP contribution >= 0.6 is 0 Å². The van der Waals surface area contributed by atoms with Crippen molar-refractivity contribution in [2.24, 2.45) is 5.92 Å². The highest BCUT2D eigenvalue weighted by atomic mass is 16.6. The van der Waals surface area contributed by atoms with E-state index < -0.39 is 4.92 Å². The van der Waals surface area contributed by atoms with Gasteiger partial charge in [-0.05, 0) is 24.8 Å². The molecule has 2 atom stereocenters. The van der Waals surface area contributed by atoms with E-state index in [1.165, 1.54) is 12.1 Å². The number of carbonyl (C=O) groups excluding carboxylic acids is 1. The molecule has 0 bridgehead atoms. The second kappa shape index (κ2) is 7.89. The van der Waals surface area contributed by atoms with Crippen molar-refractivity contribution in [3.05, 3.63) is 39.9 Å². The third-order valence-corrected chi connectivity index (χ3v) is 4.19. The fourth-order valence-corrected chi connectivity index (χ4v) is 2.84. The maximum absolute atomic E-state index is 11.9. The summed E-state index contributed by atoms with van der Waals surface area (Å²) in [6.45, 7) is 0.509. The van der Waals surface area contributed by atoms with Crippen LogP contribution in [0.4, 0.5) is 5.69 Å². The molecule has 0 aliphatic heterocycles. The first-order valence-corrected chi connectivity index (χ1v) is 7.74. The number of aryl methyl sites for hydroxylation is 1. The average Bonchev–Trinajstić information content (AvgIpc) is 2.52. The van der Waals surface area contributed by atoms with Crippen molar-refractivity contribution >= 4 is 11.6 Å². The molecule has 0 radical (unpaired) electrons. The highest BCUT2D eigenvalue weighted by Crippen LogP contribution is 2.23. The Morgan fingerprint density at radius 3 is 2.86 bits per heavy atom. The van der Waals surface area contributed by atoms with E-state index in [4.69, 9.17) is 0 Å². The first-order chi connectivity index (χ1) is 10.6. The number of carbonyl (C=O) groups is 1. The van der Waals surface area contributed by atoms with Crippen molar-refractivity contribution in [3.8, 4) is 0 Å². The first-order valence-electron chi connectivity index (χ1n) is 7.74. The molecule has 1 amide bonds.